The number of fused-ring (bicyclic) bond motifs is 1. The van der Waals surface area contributed by atoms with Crippen molar-refractivity contribution in [1.29, 1.82) is 0 Å². The summed E-state index contributed by atoms with van der Waals surface area (Å²) in [6, 6.07) is 11.1. The Morgan fingerprint density at radius 2 is 1.90 bits per heavy atom. The molecule has 30 heavy (non-hydrogen) atoms. The third-order valence-corrected chi connectivity index (χ3v) is 6.69. The Labute approximate surface area is 180 Å². The molecule has 3 aromatic rings. The van der Waals surface area contributed by atoms with Gasteiger partial charge in [-0.3, -0.25) is 9.36 Å². The molecule has 0 saturated carbocycles. The predicted molar refractivity (Wildman–Crippen MR) is 123 cm³/mol. The largest absolute Gasteiger partial charge is 0.598 e. The lowest BCUT2D eigenvalue weighted by atomic mass is 10.0. The minimum Gasteiger partial charge on any atom is -0.598 e. The third kappa shape index (κ3) is 4.24. The minimum absolute atomic E-state index is 0.130. The SMILES string of the molecule is COc1ccccc1-c1nc2c(C(C)N[S@+]([O-])C(C)(C)C)cc(C)cc2c(=O)n1C. The van der Waals surface area contributed by atoms with Crippen LogP contribution in [-0.2, 0) is 18.4 Å². The molecule has 3 rings (SSSR count). The van der Waals surface area contributed by atoms with E-state index in [4.69, 9.17) is 9.72 Å². The average molecular weight is 428 g/mol. The van der Waals surface area contributed by atoms with Crippen LogP contribution in [0.4, 0.5) is 0 Å². The molecule has 2 aromatic carbocycles. The van der Waals surface area contributed by atoms with Gasteiger partial charge in [-0.1, -0.05) is 18.2 Å². The molecule has 1 heterocycles. The van der Waals surface area contributed by atoms with Gasteiger partial charge in [-0.2, -0.15) is 0 Å². The van der Waals surface area contributed by atoms with Gasteiger partial charge < -0.3 is 9.29 Å². The fourth-order valence-corrected chi connectivity index (χ4v) is 4.16. The summed E-state index contributed by atoms with van der Waals surface area (Å²) in [6.07, 6.45) is 0. The number of para-hydroxylation sites is 1. The maximum atomic E-state index is 13.2. The number of benzene rings is 2. The van der Waals surface area contributed by atoms with Crippen molar-refractivity contribution in [3.05, 3.63) is 57.9 Å². The van der Waals surface area contributed by atoms with E-state index in [2.05, 4.69) is 4.72 Å². The molecule has 0 radical (unpaired) electrons. The van der Waals surface area contributed by atoms with E-state index in [1.807, 2.05) is 71.0 Å². The zero-order chi connectivity index (χ0) is 22.2. The van der Waals surface area contributed by atoms with Crippen molar-refractivity contribution in [3.8, 4) is 17.1 Å². The van der Waals surface area contributed by atoms with Crippen molar-refractivity contribution >= 4 is 22.3 Å². The van der Waals surface area contributed by atoms with E-state index in [-0.39, 0.29) is 11.6 Å². The molecule has 0 amide bonds. The van der Waals surface area contributed by atoms with Gasteiger partial charge in [-0.05, 0) is 58.4 Å². The van der Waals surface area contributed by atoms with Crippen molar-refractivity contribution in [1.82, 2.24) is 14.3 Å². The van der Waals surface area contributed by atoms with Crippen molar-refractivity contribution in [3.63, 3.8) is 0 Å². The van der Waals surface area contributed by atoms with Gasteiger partial charge in [0.05, 0.1) is 29.6 Å². The summed E-state index contributed by atoms with van der Waals surface area (Å²) in [5, 5.41) is 0.543. The normalized spacial score (nSPS) is 14.0. The summed E-state index contributed by atoms with van der Waals surface area (Å²) >= 11 is -1.25. The molecule has 0 aliphatic rings. The Morgan fingerprint density at radius 3 is 2.53 bits per heavy atom. The first-order valence-corrected chi connectivity index (χ1v) is 11.0. The van der Waals surface area contributed by atoms with Gasteiger partial charge in [0.1, 0.15) is 16.3 Å². The number of nitrogens with one attached hydrogen (secondary N) is 1. The number of aryl methyl sites for hydroxylation is 1. The van der Waals surface area contributed by atoms with E-state index in [0.717, 1.165) is 16.7 Å². The molecular weight excluding hydrogens is 398 g/mol. The molecule has 1 unspecified atom stereocenters. The molecule has 0 bridgehead atoms. The van der Waals surface area contributed by atoms with Gasteiger partial charge in [0.25, 0.3) is 5.56 Å². The first-order chi connectivity index (χ1) is 14.0. The monoisotopic (exact) mass is 427 g/mol. The van der Waals surface area contributed by atoms with Crippen molar-refractivity contribution in [2.75, 3.05) is 7.11 Å². The van der Waals surface area contributed by atoms with Crippen molar-refractivity contribution in [2.24, 2.45) is 7.05 Å². The molecule has 0 fully saturated rings. The van der Waals surface area contributed by atoms with Crippen LogP contribution in [0.3, 0.4) is 0 Å². The highest BCUT2D eigenvalue weighted by Gasteiger charge is 2.29. The van der Waals surface area contributed by atoms with Crippen LogP contribution in [0.1, 0.15) is 44.9 Å². The average Bonchev–Trinajstić information content (AvgIpc) is 2.69. The molecule has 160 valence electrons. The quantitative estimate of drug-likeness (QED) is 0.622. The molecular formula is C23H29N3O3S. The second-order valence-electron chi connectivity index (χ2n) is 8.47. The second kappa shape index (κ2) is 8.41. The summed E-state index contributed by atoms with van der Waals surface area (Å²) in [5.74, 6) is 1.17. The van der Waals surface area contributed by atoms with Crippen LogP contribution in [0, 0.1) is 6.92 Å². The minimum atomic E-state index is -1.25. The van der Waals surface area contributed by atoms with E-state index in [0.29, 0.717) is 22.5 Å². The molecule has 0 aliphatic carbocycles. The summed E-state index contributed by atoms with van der Waals surface area (Å²) in [6.45, 7) is 9.66. The standard InChI is InChI=1S/C23H29N3O3S/c1-14-12-17(15(2)25-30(28)23(3,4)5)20-18(13-14)22(27)26(6)21(24-20)16-10-8-9-11-19(16)29-7/h8-13,15,25H,1-7H3/t15?,30-/m1/s1. The molecule has 7 heteroatoms. The first kappa shape index (κ1) is 22.3. The number of ether oxygens (including phenoxy) is 1. The van der Waals surface area contributed by atoms with Gasteiger partial charge in [-0.25, -0.2) is 4.98 Å². The van der Waals surface area contributed by atoms with E-state index in [1.165, 1.54) is 0 Å². The summed E-state index contributed by atoms with van der Waals surface area (Å²) in [4.78, 5) is 18.1. The Bertz CT molecular complexity index is 1130. The Morgan fingerprint density at radius 1 is 1.23 bits per heavy atom. The number of hydrogen-bond donors (Lipinski definition) is 1. The lowest BCUT2D eigenvalue weighted by Crippen LogP contribution is -2.40. The van der Waals surface area contributed by atoms with Gasteiger partial charge in [-0.15, -0.1) is 4.72 Å². The van der Waals surface area contributed by atoms with Crippen LogP contribution in [0.2, 0.25) is 0 Å². The van der Waals surface area contributed by atoms with Crippen LogP contribution in [0.5, 0.6) is 5.75 Å². The zero-order valence-electron chi connectivity index (χ0n) is 18.6. The Hall–Kier alpha value is -2.35. The lowest BCUT2D eigenvalue weighted by Gasteiger charge is -2.27. The Kier molecular flexibility index (Phi) is 6.26. The topological polar surface area (TPSA) is 79.2 Å². The van der Waals surface area contributed by atoms with Gasteiger partial charge in [0.2, 0.25) is 0 Å². The van der Waals surface area contributed by atoms with E-state index < -0.39 is 16.1 Å². The smallest absolute Gasteiger partial charge is 0.261 e. The van der Waals surface area contributed by atoms with Crippen LogP contribution in [0.25, 0.3) is 22.3 Å². The van der Waals surface area contributed by atoms with Gasteiger partial charge >= 0.3 is 0 Å². The molecule has 6 nitrogen and oxygen atoms in total. The number of hydrogen-bond acceptors (Lipinski definition) is 5. The fraction of sp³-hybridized carbons (Fsp3) is 0.391. The van der Waals surface area contributed by atoms with E-state index >= 15 is 0 Å². The summed E-state index contributed by atoms with van der Waals surface area (Å²) in [7, 11) is 3.31. The highest BCUT2D eigenvalue weighted by atomic mass is 32.2. The second-order valence-corrected chi connectivity index (χ2v) is 10.5. The lowest BCUT2D eigenvalue weighted by molar-refractivity contribution is 0.416. The van der Waals surface area contributed by atoms with Crippen molar-refractivity contribution in [2.45, 2.75) is 45.4 Å². The summed E-state index contributed by atoms with van der Waals surface area (Å²) in [5.41, 5.74) is 3.02. The third-order valence-electron chi connectivity index (χ3n) is 5.01. The van der Waals surface area contributed by atoms with Gasteiger partial charge in [0, 0.05) is 24.0 Å². The zero-order valence-corrected chi connectivity index (χ0v) is 19.4. The molecule has 0 aliphatic heterocycles. The highest BCUT2D eigenvalue weighted by Crippen LogP contribution is 2.31. The Balaban J connectivity index is 2.25. The molecule has 1 N–H and O–H groups in total. The molecule has 0 saturated heterocycles. The first-order valence-electron chi connectivity index (χ1n) is 9.87. The number of methoxy groups -OCH3 is 1. The fourth-order valence-electron chi connectivity index (χ4n) is 3.35. The van der Waals surface area contributed by atoms with Gasteiger partial charge in [0.15, 0.2) is 0 Å². The number of nitrogens with zero attached hydrogens (tertiary/aromatic N) is 2. The van der Waals surface area contributed by atoms with Crippen molar-refractivity contribution < 1.29 is 9.29 Å². The van der Waals surface area contributed by atoms with E-state index in [1.54, 1.807) is 18.7 Å². The maximum absolute atomic E-state index is 13.2. The number of rotatable bonds is 5. The van der Waals surface area contributed by atoms with E-state index in [9.17, 15) is 9.35 Å². The molecule has 2 atom stereocenters. The predicted octanol–water partition coefficient (Wildman–Crippen LogP) is 4.03. The maximum Gasteiger partial charge on any atom is 0.261 e. The molecule has 1 aromatic heterocycles. The van der Waals surface area contributed by atoms with Crippen LogP contribution in [0.15, 0.2) is 41.2 Å². The van der Waals surface area contributed by atoms with Crippen LogP contribution < -0.4 is 15.0 Å². The molecule has 0 spiro atoms. The summed E-state index contributed by atoms with van der Waals surface area (Å²) < 4.78 is 22.5. The van der Waals surface area contributed by atoms with Crippen LogP contribution in [-0.4, -0.2) is 26.0 Å². The highest BCUT2D eigenvalue weighted by molar-refractivity contribution is 7.90. The van der Waals surface area contributed by atoms with Crippen LogP contribution >= 0.6 is 0 Å². The number of aromatic nitrogens is 2.